The zero-order valence-corrected chi connectivity index (χ0v) is 13.6. The lowest BCUT2D eigenvalue weighted by molar-refractivity contribution is -0.384. The van der Waals surface area contributed by atoms with Gasteiger partial charge in [0.05, 0.1) is 22.2 Å². The number of amides is 1. The number of nitrogens with zero attached hydrogens (tertiary/aromatic N) is 2. The van der Waals surface area contributed by atoms with Crippen molar-refractivity contribution in [2.24, 2.45) is 5.10 Å². The Morgan fingerprint density at radius 3 is 2.79 bits per heavy atom. The van der Waals surface area contributed by atoms with Crippen LogP contribution in [0.4, 0.5) is 5.69 Å². The van der Waals surface area contributed by atoms with Crippen molar-refractivity contribution in [3.05, 3.63) is 68.2 Å². The van der Waals surface area contributed by atoms with Crippen LogP contribution < -0.4 is 10.2 Å². The molecule has 0 unspecified atom stereocenters. The molecule has 0 aliphatic carbocycles. The van der Waals surface area contributed by atoms with Gasteiger partial charge in [-0.2, -0.15) is 5.10 Å². The Bertz CT molecular complexity index is 796. The number of benzene rings is 2. The van der Waals surface area contributed by atoms with E-state index < -0.39 is 10.8 Å². The van der Waals surface area contributed by atoms with E-state index in [9.17, 15) is 14.9 Å². The number of nitro benzene ring substituents is 1. The number of ether oxygens (including phenoxy) is 1. The summed E-state index contributed by atoms with van der Waals surface area (Å²) in [5.41, 5.74) is 2.72. The molecule has 0 aliphatic rings. The summed E-state index contributed by atoms with van der Waals surface area (Å²) in [5, 5.41) is 15.3. The average Bonchev–Trinajstić information content (AvgIpc) is 2.55. The van der Waals surface area contributed by atoms with Gasteiger partial charge in [-0.3, -0.25) is 14.9 Å². The second-order valence-corrected chi connectivity index (χ2v) is 5.35. The fourth-order valence-corrected chi connectivity index (χ4v) is 2.11. The number of hydrogen-bond donors (Lipinski definition) is 1. The lowest BCUT2D eigenvalue weighted by Gasteiger charge is -2.04. The zero-order chi connectivity index (χ0) is 17.5. The van der Waals surface area contributed by atoms with E-state index in [2.05, 4.69) is 10.5 Å². The summed E-state index contributed by atoms with van der Waals surface area (Å²) in [6, 6.07) is 10.4. The van der Waals surface area contributed by atoms with Crippen LogP contribution in [0.5, 0.6) is 5.75 Å². The molecule has 0 fully saturated rings. The highest BCUT2D eigenvalue weighted by Crippen LogP contribution is 2.20. The van der Waals surface area contributed by atoms with Crippen LogP contribution in [-0.2, 0) is 4.79 Å². The van der Waals surface area contributed by atoms with Crippen molar-refractivity contribution in [2.45, 2.75) is 0 Å². The van der Waals surface area contributed by atoms with Crippen LogP contribution in [0.2, 0.25) is 10.0 Å². The molecule has 24 heavy (non-hydrogen) atoms. The molecule has 2 aromatic carbocycles. The molecule has 1 amide bonds. The summed E-state index contributed by atoms with van der Waals surface area (Å²) in [7, 11) is 0. The van der Waals surface area contributed by atoms with E-state index >= 15 is 0 Å². The van der Waals surface area contributed by atoms with E-state index in [4.69, 9.17) is 27.9 Å². The van der Waals surface area contributed by atoms with Crippen molar-refractivity contribution in [3.8, 4) is 5.75 Å². The second-order valence-electron chi connectivity index (χ2n) is 4.50. The quantitative estimate of drug-likeness (QED) is 0.480. The molecule has 0 heterocycles. The monoisotopic (exact) mass is 367 g/mol. The minimum absolute atomic E-state index is 0.122. The van der Waals surface area contributed by atoms with E-state index in [1.54, 1.807) is 18.2 Å². The highest BCUT2D eigenvalue weighted by molar-refractivity contribution is 6.36. The molecule has 0 radical (unpaired) electrons. The Balaban J connectivity index is 1.86. The molecular weight excluding hydrogens is 357 g/mol. The number of nitrogens with one attached hydrogen (secondary N) is 1. The smallest absolute Gasteiger partial charge is 0.277 e. The summed E-state index contributed by atoms with van der Waals surface area (Å²) in [6.45, 7) is -0.340. The maximum atomic E-state index is 11.6. The van der Waals surface area contributed by atoms with Gasteiger partial charge < -0.3 is 4.74 Å². The van der Waals surface area contributed by atoms with Gasteiger partial charge in [0.15, 0.2) is 6.61 Å². The molecule has 2 aromatic rings. The van der Waals surface area contributed by atoms with E-state index in [1.807, 2.05) is 0 Å². The number of non-ortho nitro benzene ring substituents is 1. The van der Waals surface area contributed by atoms with Crippen molar-refractivity contribution in [1.29, 1.82) is 0 Å². The summed E-state index contributed by atoms with van der Waals surface area (Å²) >= 11 is 11.7. The van der Waals surface area contributed by atoms with Crippen LogP contribution in [0.15, 0.2) is 47.6 Å². The fourth-order valence-electron chi connectivity index (χ4n) is 1.65. The molecule has 0 spiro atoms. The minimum Gasteiger partial charge on any atom is -0.483 e. The van der Waals surface area contributed by atoms with E-state index in [1.165, 1.54) is 30.5 Å². The molecule has 124 valence electrons. The van der Waals surface area contributed by atoms with Crippen LogP contribution in [0.3, 0.4) is 0 Å². The van der Waals surface area contributed by atoms with Gasteiger partial charge in [0.2, 0.25) is 0 Å². The Morgan fingerprint density at radius 1 is 1.29 bits per heavy atom. The first-order valence-corrected chi connectivity index (χ1v) is 7.35. The fraction of sp³-hybridized carbons (Fsp3) is 0.0667. The third-order valence-electron chi connectivity index (χ3n) is 2.75. The summed E-state index contributed by atoms with van der Waals surface area (Å²) in [4.78, 5) is 21.7. The molecule has 0 saturated carbocycles. The number of carbonyl (C=O) groups excluding carboxylic acids is 1. The summed E-state index contributed by atoms with van der Waals surface area (Å²) in [6.07, 6.45) is 1.37. The molecule has 0 aliphatic heterocycles. The average molecular weight is 368 g/mol. The van der Waals surface area contributed by atoms with Crippen LogP contribution in [0.1, 0.15) is 5.56 Å². The van der Waals surface area contributed by atoms with Crippen LogP contribution in [0, 0.1) is 10.1 Å². The number of hydrogen-bond acceptors (Lipinski definition) is 5. The summed E-state index contributed by atoms with van der Waals surface area (Å²) in [5.74, 6) is -0.313. The molecule has 0 saturated heterocycles. The Morgan fingerprint density at radius 2 is 2.08 bits per heavy atom. The maximum Gasteiger partial charge on any atom is 0.277 e. The normalized spacial score (nSPS) is 10.6. The Kier molecular flexibility index (Phi) is 6.11. The Labute approximate surface area is 147 Å². The molecule has 0 bridgehead atoms. The van der Waals surface area contributed by atoms with E-state index in [-0.39, 0.29) is 18.0 Å². The van der Waals surface area contributed by atoms with Gasteiger partial charge in [-0.1, -0.05) is 35.3 Å². The van der Waals surface area contributed by atoms with Crippen molar-refractivity contribution >= 4 is 41.0 Å². The lowest BCUT2D eigenvalue weighted by atomic mass is 10.2. The van der Waals surface area contributed by atoms with Gasteiger partial charge in [-0.25, -0.2) is 5.43 Å². The van der Waals surface area contributed by atoms with Crippen LogP contribution in [0.25, 0.3) is 0 Å². The number of carbonyl (C=O) groups is 1. The molecule has 9 heteroatoms. The van der Waals surface area contributed by atoms with Gasteiger partial charge in [-0.15, -0.1) is 0 Å². The van der Waals surface area contributed by atoms with Crippen molar-refractivity contribution < 1.29 is 14.5 Å². The predicted octanol–water partition coefficient (Wildman–Crippen LogP) is 3.43. The Hall–Kier alpha value is -2.64. The number of hydrazone groups is 1. The highest BCUT2D eigenvalue weighted by Gasteiger charge is 2.08. The SMILES string of the molecule is O=C(COc1cccc([N+](=O)[O-])c1)N/N=C/c1ccc(Cl)cc1Cl. The lowest BCUT2D eigenvalue weighted by Crippen LogP contribution is -2.24. The first kappa shape index (κ1) is 17.7. The molecule has 2 rings (SSSR count). The van der Waals surface area contributed by atoms with E-state index in [0.29, 0.717) is 15.6 Å². The largest absolute Gasteiger partial charge is 0.483 e. The molecule has 7 nitrogen and oxygen atoms in total. The molecule has 0 aromatic heterocycles. The molecular formula is C15H11Cl2N3O4. The van der Waals surface area contributed by atoms with Gasteiger partial charge >= 0.3 is 0 Å². The minimum atomic E-state index is -0.549. The first-order valence-electron chi connectivity index (χ1n) is 6.60. The molecule has 1 N–H and O–H groups in total. The highest BCUT2D eigenvalue weighted by atomic mass is 35.5. The van der Waals surface area contributed by atoms with Crippen LogP contribution in [-0.4, -0.2) is 23.7 Å². The van der Waals surface area contributed by atoms with Crippen molar-refractivity contribution in [3.63, 3.8) is 0 Å². The summed E-state index contributed by atoms with van der Waals surface area (Å²) < 4.78 is 5.17. The zero-order valence-electron chi connectivity index (χ0n) is 12.1. The molecule has 0 atom stereocenters. The topological polar surface area (TPSA) is 93.8 Å². The van der Waals surface area contributed by atoms with Gasteiger partial charge in [0.25, 0.3) is 11.6 Å². The van der Waals surface area contributed by atoms with Crippen LogP contribution >= 0.6 is 23.2 Å². The van der Waals surface area contributed by atoms with E-state index in [0.717, 1.165) is 0 Å². The van der Waals surface area contributed by atoms with Gasteiger partial charge in [0, 0.05) is 16.7 Å². The number of rotatable bonds is 6. The van der Waals surface area contributed by atoms with Crippen molar-refractivity contribution in [2.75, 3.05) is 6.61 Å². The standard InChI is InChI=1S/C15H11Cl2N3O4/c16-11-5-4-10(14(17)6-11)8-18-19-15(21)9-24-13-3-1-2-12(7-13)20(22)23/h1-8H,9H2,(H,19,21)/b18-8+. The number of halogens is 2. The maximum absolute atomic E-state index is 11.6. The number of nitro groups is 1. The predicted molar refractivity (Wildman–Crippen MR) is 90.8 cm³/mol. The van der Waals surface area contributed by atoms with Gasteiger partial charge in [-0.05, 0) is 18.2 Å². The first-order chi connectivity index (χ1) is 11.5. The third-order valence-corrected chi connectivity index (χ3v) is 3.32. The second kappa shape index (κ2) is 8.28. The third kappa shape index (κ3) is 5.22. The van der Waals surface area contributed by atoms with Crippen molar-refractivity contribution in [1.82, 2.24) is 5.43 Å². The van der Waals surface area contributed by atoms with Gasteiger partial charge in [0.1, 0.15) is 5.75 Å².